The van der Waals surface area contributed by atoms with E-state index >= 15 is 0 Å². The van der Waals surface area contributed by atoms with Crippen LogP contribution in [-0.4, -0.2) is 11.0 Å². The number of hydrogen-bond donors (Lipinski definition) is 1. The Morgan fingerprint density at radius 3 is 2.78 bits per heavy atom. The molecule has 0 aliphatic carbocycles. The summed E-state index contributed by atoms with van der Waals surface area (Å²) in [6, 6.07) is 5.46. The summed E-state index contributed by atoms with van der Waals surface area (Å²) in [7, 11) is 0. The summed E-state index contributed by atoms with van der Waals surface area (Å²) in [5.74, 6) is 0. The second-order valence-corrected chi connectivity index (χ2v) is 5.32. The van der Waals surface area contributed by atoms with Crippen molar-refractivity contribution in [2.45, 2.75) is 45.6 Å². The maximum Gasteiger partial charge on any atom is 0.285 e. The molecule has 0 aliphatic rings. The van der Waals surface area contributed by atoms with E-state index in [1.165, 1.54) is 19.3 Å². The molecular weight excluding hydrogens is 296 g/mol. The Morgan fingerprint density at radius 1 is 1.44 bits per heavy atom. The van der Waals surface area contributed by atoms with Gasteiger partial charge in [0.2, 0.25) is 0 Å². The predicted octanol–water partition coefficient (Wildman–Crippen LogP) is 4.74. The Morgan fingerprint density at radius 2 is 2.17 bits per heavy atom. The van der Waals surface area contributed by atoms with Crippen LogP contribution in [0.2, 0.25) is 0 Å². The standard InChI is InChI=1S/C13H19BrN2O2/c1-3-4-5-6-10(2)15-11-7-8-12(14)13(9-11)16(17)18/h7-10,15H,3-6H2,1-2H3. The highest BCUT2D eigenvalue weighted by Crippen LogP contribution is 2.28. The van der Waals surface area contributed by atoms with Crippen LogP contribution >= 0.6 is 15.9 Å². The van der Waals surface area contributed by atoms with E-state index in [4.69, 9.17) is 0 Å². The quantitative estimate of drug-likeness (QED) is 0.449. The van der Waals surface area contributed by atoms with Gasteiger partial charge in [0.25, 0.3) is 5.69 Å². The van der Waals surface area contributed by atoms with Crippen LogP contribution in [0.15, 0.2) is 22.7 Å². The lowest BCUT2D eigenvalue weighted by Gasteiger charge is -2.15. The van der Waals surface area contributed by atoms with E-state index in [-0.39, 0.29) is 10.6 Å². The molecule has 1 N–H and O–H groups in total. The van der Waals surface area contributed by atoms with Gasteiger partial charge in [-0.3, -0.25) is 10.1 Å². The second kappa shape index (κ2) is 7.36. The summed E-state index contributed by atoms with van der Waals surface area (Å²) in [5.41, 5.74) is 0.898. The number of unbranched alkanes of at least 4 members (excludes halogenated alkanes) is 2. The number of nitro groups is 1. The third kappa shape index (κ3) is 4.64. The Hall–Kier alpha value is -1.10. The zero-order valence-corrected chi connectivity index (χ0v) is 12.4. The molecule has 0 bridgehead atoms. The fourth-order valence-electron chi connectivity index (χ4n) is 1.80. The Kier molecular flexibility index (Phi) is 6.12. The van der Waals surface area contributed by atoms with E-state index in [1.54, 1.807) is 12.1 Å². The molecule has 0 aliphatic heterocycles. The maximum absolute atomic E-state index is 10.8. The monoisotopic (exact) mass is 314 g/mol. The van der Waals surface area contributed by atoms with Gasteiger partial charge in [-0.25, -0.2) is 0 Å². The van der Waals surface area contributed by atoms with Crippen molar-refractivity contribution in [3.63, 3.8) is 0 Å². The van der Waals surface area contributed by atoms with Crippen LogP contribution in [0, 0.1) is 10.1 Å². The zero-order valence-electron chi connectivity index (χ0n) is 10.8. The molecule has 1 rings (SSSR count). The number of benzene rings is 1. The minimum absolute atomic E-state index is 0.0979. The highest BCUT2D eigenvalue weighted by molar-refractivity contribution is 9.10. The molecule has 0 spiro atoms. The van der Waals surface area contributed by atoms with Gasteiger partial charge in [-0.2, -0.15) is 0 Å². The van der Waals surface area contributed by atoms with Crippen molar-refractivity contribution in [3.05, 3.63) is 32.8 Å². The van der Waals surface area contributed by atoms with Crippen LogP contribution in [0.1, 0.15) is 39.5 Å². The molecule has 0 saturated heterocycles. The third-order valence-corrected chi connectivity index (χ3v) is 3.47. The van der Waals surface area contributed by atoms with Crippen LogP contribution in [-0.2, 0) is 0 Å². The molecule has 1 atom stereocenters. The van der Waals surface area contributed by atoms with E-state index in [2.05, 4.69) is 35.1 Å². The number of halogens is 1. The van der Waals surface area contributed by atoms with Gasteiger partial charge < -0.3 is 5.32 Å². The van der Waals surface area contributed by atoms with Crippen molar-refractivity contribution < 1.29 is 4.92 Å². The number of rotatable bonds is 7. The van der Waals surface area contributed by atoms with Crippen LogP contribution in [0.25, 0.3) is 0 Å². The number of hydrogen-bond acceptors (Lipinski definition) is 3. The van der Waals surface area contributed by atoms with E-state index in [9.17, 15) is 10.1 Å². The van der Waals surface area contributed by atoms with Crippen molar-refractivity contribution in [1.82, 2.24) is 0 Å². The Balaban J connectivity index is 2.62. The van der Waals surface area contributed by atoms with Crippen molar-refractivity contribution in [2.75, 3.05) is 5.32 Å². The number of nitro benzene ring substituents is 1. The Labute approximate surface area is 116 Å². The summed E-state index contributed by atoms with van der Waals surface area (Å²) in [6.07, 6.45) is 4.70. The first-order chi connectivity index (χ1) is 8.54. The van der Waals surface area contributed by atoms with Crippen LogP contribution in [0.4, 0.5) is 11.4 Å². The van der Waals surface area contributed by atoms with Gasteiger partial charge >= 0.3 is 0 Å². The van der Waals surface area contributed by atoms with Crippen LogP contribution < -0.4 is 5.32 Å². The molecular formula is C13H19BrN2O2. The molecule has 0 fully saturated rings. The molecule has 0 radical (unpaired) electrons. The summed E-state index contributed by atoms with van der Waals surface area (Å²) in [6.45, 7) is 4.28. The first-order valence-corrected chi connectivity index (χ1v) is 7.04. The average molecular weight is 315 g/mol. The molecule has 4 nitrogen and oxygen atoms in total. The molecule has 1 aromatic rings. The van der Waals surface area contributed by atoms with E-state index in [1.807, 2.05) is 6.07 Å². The van der Waals surface area contributed by atoms with Gasteiger partial charge in [0.1, 0.15) is 0 Å². The minimum Gasteiger partial charge on any atom is -0.382 e. The second-order valence-electron chi connectivity index (χ2n) is 4.46. The van der Waals surface area contributed by atoms with Crippen LogP contribution in [0.3, 0.4) is 0 Å². The average Bonchev–Trinajstić information content (AvgIpc) is 2.31. The number of nitrogens with one attached hydrogen (secondary N) is 1. The highest BCUT2D eigenvalue weighted by atomic mass is 79.9. The Bertz CT molecular complexity index is 410. The molecule has 0 aromatic heterocycles. The third-order valence-electron chi connectivity index (χ3n) is 2.80. The SMILES string of the molecule is CCCCCC(C)Nc1ccc(Br)c([N+](=O)[O-])c1. The van der Waals surface area contributed by atoms with E-state index < -0.39 is 0 Å². The van der Waals surface area contributed by atoms with Crippen LogP contribution in [0.5, 0.6) is 0 Å². The van der Waals surface area contributed by atoms with Gasteiger partial charge in [-0.1, -0.05) is 26.2 Å². The summed E-state index contributed by atoms with van der Waals surface area (Å²) in [4.78, 5) is 10.4. The van der Waals surface area contributed by atoms with Gasteiger partial charge in [0, 0.05) is 17.8 Å². The van der Waals surface area contributed by atoms with E-state index in [0.717, 1.165) is 12.1 Å². The van der Waals surface area contributed by atoms with Crippen molar-refractivity contribution in [2.24, 2.45) is 0 Å². The number of anilines is 1. The summed E-state index contributed by atoms with van der Waals surface area (Å²) in [5, 5.41) is 14.1. The fraction of sp³-hybridized carbons (Fsp3) is 0.538. The highest BCUT2D eigenvalue weighted by Gasteiger charge is 2.13. The normalized spacial score (nSPS) is 12.2. The van der Waals surface area contributed by atoms with Gasteiger partial charge in [0.05, 0.1) is 9.40 Å². The zero-order chi connectivity index (χ0) is 13.5. The van der Waals surface area contributed by atoms with Gasteiger partial charge in [0.15, 0.2) is 0 Å². The smallest absolute Gasteiger partial charge is 0.285 e. The molecule has 0 amide bonds. The van der Waals surface area contributed by atoms with Crippen molar-refractivity contribution >= 4 is 27.3 Å². The van der Waals surface area contributed by atoms with Crippen molar-refractivity contribution in [1.29, 1.82) is 0 Å². The fourth-order valence-corrected chi connectivity index (χ4v) is 2.19. The first-order valence-electron chi connectivity index (χ1n) is 6.25. The number of nitrogens with zero attached hydrogens (tertiary/aromatic N) is 1. The lowest BCUT2D eigenvalue weighted by atomic mass is 10.1. The predicted molar refractivity (Wildman–Crippen MR) is 78.0 cm³/mol. The molecule has 0 saturated carbocycles. The molecule has 1 aromatic carbocycles. The largest absolute Gasteiger partial charge is 0.382 e. The molecule has 18 heavy (non-hydrogen) atoms. The lowest BCUT2D eigenvalue weighted by Crippen LogP contribution is -2.14. The molecule has 0 heterocycles. The maximum atomic E-state index is 10.8. The first kappa shape index (κ1) is 15.0. The topological polar surface area (TPSA) is 55.2 Å². The van der Waals surface area contributed by atoms with Crippen molar-refractivity contribution in [3.8, 4) is 0 Å². The molecule has 1 unspecified atom stereocenters. The molecule has 5 heteroatoms. The summed E-state index contributed by atoms with van der Waals surface area (Å²) >= 11 is 3.18. The lowest BCUT2D eigenvalue weighted by molar-refractivity contribution is -0.385. The van der Waals surface area contributed by atoms with E-state index in [0.29, 0.717) is 10.5 Å². The minimum atomic E-state index is -0.378. The molecule has 100 valence electrons. The summed E-state index contributed by atoms with van der Waals surface area (Å²) < 4.78 is 0.511. The van der Waals surface area contributed by atoms with Gasteiger partial charge in [-0.15, -0.1) is 0 Å². The van der Waals surface area contributed by atoms with Gasteiger partial charge in [-0.05, 0) is 41.4 Å².